The van der Waals surface area contributed by atoms with E-state index in [1.807, 2.05) is 6.07 Å². The lowest BCUT2D eigenvalue weighted by Crippen LogP contribution is -2.50. The molecule has 1 fully saturated rings. The van der Waals surface area contributed by atoms with Gasteiger partial charge in [-0.3, -0.25) is 4.90 Å². The molecule has 1 N–H and O–H groups in total. The summed E-state index contributed by atoms with van der Waals surface area (Å²) in [6.07, 6.45) is 0.979. The molecule has 0 aromatic heterocycles. The van der Waals surface area contributed by atoms with Crippen LogP contribution >= 0.6 is 24.8 Å². The van der Waals surface area contributed by atoms with Gasteiger partial charge >= 0.3 is 5.97 Å². The summed E-state index contributed by atoms with van der Waals surface area (Å²) in [5.74, 6) is 0.376. The van der Waals surface area contributed by atoms with Crippen molar-refractivity contribution in [3.05, 3.63) is 29.8 Å². The molecule has 0 radical (unpaired) electrons. The van der Waals surface area contributed by atoms with Crippen LogP contribution in [0.15, 0.2) is 24.3 Å². The summed E-state index contributed by atoms with van der Waals surface area (Å²) in [7, 11) is 1.38. The second kappa shape index (κ2) is 11.5. The summed E-state index contributed by atoms with van der Waals surface area (Å²) >= 11 is 0. The summed E-state index contributed by atoms with van der Waals surface area (Å²) in [4.78, 5) is 13.9. The van der Waals surface area contributed by atoms with Crippen molar-refractivity contribution in [3.8, 4) is 5.75 Å². The lowest BCUT2D eigenvalue weighted by Gasteiger charge is -2.33. The minimum atomic E-state index is -0.338. The standard InChI is InChI=1S/C16H24N2O3.2ClH/c1-13-12-17-7-9-18(13)8-4-10-21-15-6-3-5-14(11-15)16(19)20-2;;/h3,5-6,11,13,17H,4,7-10,12H2,1-2H3;2*1H/t13-;;/m0../s1. The number of ether oxygens (including phenoxy) is 2. The van der Waals surface area contributed by atoms with Crippen LogP contribution in [-0.2, 0) is 4.74 Å². The third kappa shape index (κ3) is 6.96. The van der Waals surface area contributed by atoms with Crippen molar-refractivity contribution in [3.63, 3.8) is 0 Å². The minimum Gasteiger partial charge on any atom is -0.494 e. The molecule has 1 saturated heterocycles. The van der Waals surface area contributed by atoms with E-state index in [0.717, 1.165) is 32.6 Å². The molecular formula is C16H26Cl2N2O3. The van der Waals surface area contributed by atoms with Crippen molar-refractivity contribution >= 4 is 30.8 Å². The third-order valence-corrected chi connectivity index (χ3v) is 3.75. The summed E-state index contributed by atoms with van der Waals surface area (Å²) in [5, 5.41) is 3.39. The van der Waals surface area contributed by atoms with E-state index in [0.29, 0.717) is 24.0 Å². The summed E-state index contributed by atoms with van der Waals surface area (Å²) in [6, 6.07) is 7.70. The molecule has 0 unspecified atom stereocenters. The Hall–Kier alpha value is -1.01. The number of rotatable bonds is 6. The van der Waals surface area contributed by atoms with Gasteiger partial charge in [0, 0.05) is 32.2 Å². The number of methoxy groups -OCH3 is 1. The van der Waals surface area contributed by atoms with E-state index in [1.54, 1.807) is 18.2 Å². The Morgan fingerprint density at radius 2 is 2.17 bits per heavy atom. The number of carbonyl (C=O) groups excluding carboxylic acids is 1. The quantitative estimate of drug-likeness (QED) is 0.620. The zero-order valence-corrected chi connectivity index (χ0v) is 15.3. The molecule has 2 rings (SSSR count). The normalized spacial score (nSPS) is 17.6. The fourth-order valence-electron chi connectivity index (χ4n) is 2.50. The van der Waals surface area contributed by atoms with Gasteiger partial charge in [-0.1, -0.05) is 6.07 Å². The van der Waals surface area contributed by atoms with Gasteiger partial charge in [-0.25, -0.2) is 4.79 Å². The maximum Gasteiger partial charge on any atom is 0.337 e. The van der Waals surface area contributed by atoms with Gasteiger partial charge in [-0.05, 0) is 31.5 Å². The number of nitrogens with one attached hydrogen (secondary N) is 1. The van der Waals surface area contributed by atoms with Crippen molar-refractivity contribution in [2.75, 3.05) is 39.9 Å². The van der Waals surface area contributed by atoms with Crippen LogP contribution < -0.4 is 10.1 Å². The van der Waals surface area contributed by atoms with Gasteiger partial charge in [0.25, 0.3) is 0 Å². The van der Waals surface area contributed by atoms with Crippen LogP contribution in [0.5, 0.6) is 5.75 Å². The average Bonchev–Trinajstić information content (AvgIpc) is 2.52. The molecule has 1 aromatic carbocycles. The highest BCUT2D eigenvalue weighted by Crippen LogP contribution is 2.14. The third-order valence-electron chi connectivity index (χ3n) is 3.75. The maximum absolute atomic E-state index is 11.4. The van der Waals surface area contributed by atoms with Gasteiger partial charge in [0.2, 0.25) is 0 Å². The number of hydrogen-bond acceptors (Lipinski definition) is 5. The van der Waals surface area contributed by atoms with E-state index in [4.69, 9.17) is 9.47 Å². The van der Waals surface area contributed by atoms with E-state index in [-0.39, 0.29) is 30.8 Å². The predicted molar refractivity (Wildman–Crippen MR) is 96.3 cm³/mol. The Kier molecular flexibility index (Phi) is 11.0. The van der Waals surface area contributed by atoms with Crippen molar-refractivity contribution in [1.29, 1.82) is 0 Å². The van der Waals surface area contributed by atoms with Crippen molar-refractivity contribution in [2.45, 2.75) is 19.4 Å². The second-order valence-corrected chi connectivity index (χ2v) is 5.31. The fraction of sp³-hybridized carbons (Fsp3) is 0.562. The molecule has 0 amide bonds. The lowest BCUT2D eigenvalue weighted by molar-refractivity contribution is 0.0600. The Morgan fingerprint density at radius 1 is 1.39 bits per heavy atom. The number of esters is 1. The SMILES string of the molecule is COC(=O)c1cccc(OCCCN2CCNC[C@@H]2C)c1.Cl.Cl. The zero-order chi connectivity index (χ0) is 15.1. The zero-order valence-electron chi connectivity index (χ0n) is 13.6. The highest BCUT2D eigenvalue weighted by Gasteiger charge is 2.16. The second-order valence-electron chi connectivity index (χ2n) is 5.31. The van der Waals surface area contributed by atoms with Gasteiger partial charge in [-0.2, -0.15) is 0 Å². The van der Waals surface area contributed by atoms with Crippen molar-refractivity contribution in [2.24, 2.45) is 0 Å². The maximum atomic E-state index is 11.4. The summed E-state index contributed by atoms with van der Waals surface area (Å²) < 4.78 is 10.4. The molecule has 132 valence electrons. The topological polar surface area (TPSA) is 50.8 Å². The van der Waals surface area contributed by atoms with Crippen LogP contribution in [0.25, 0.3) is 0 Å². The van der Waals surface area contributed by atoms with E-state index >= 15 is 0 Å². The fourth-order valence-corrected chi connectivity index (χ4v) is 2.50. The van der Waals surface area contributed by atoms with Crippen molar-refractivity contribution < 1.29 is 14.3 Å². The molecule has 0 aliphatic carbocycles. The van der Waals surface area contributed by atoms with Crippen LogP contribution in [0.4, 0.5) is 0 Å². The highest BCUT2D eigenvalue weighted by atomic mass is 35.5. The van der Waals surface area contributed by atoms with Crippen LogP contribution in [0.1, 0.15) is 23.7 Å². The smallest absolute Gasteiger partial charge is 0.337 e. The molecule has 0 saturated carbocycles. The first-order valence-electron chi connectivity index (χ1n) is 7.46. The van der Waals surface area contributed by atoms with Crippen LogP contribution in [0, 0.1) is 0 Å². The van der Waals surface area contributed by atoms with Crippen LogP contribution in [-0.4, -0.2) is 56.8 Å². The first-order chi connectivity index (χ1) is 10.2. The highest BCUT2D eigenvalue weighted by molar-refractivity contribution is 5.89. The number of benzene rings is 1. The summed E-state index contributed by atoms with van der Waals surface area (Å²) in [5.41, 5.74) is 0.519. The number of halogens is 2. The van der Waals surface area contributed by atoms with Gasteiger partial charge in [0.15, 0.2) is 0 Å². The molecule has 23 heavy (non-hydrogen) atoms. The largest absolute Gasteiger partial charge is 0.494 e. The van der Waals surface area contributed by atoms with Crippen molar-refractivity contribution in [1.82, 2.24) is 10.2 Å². The Labute approximate surface area is 150 Å². The van der Waals surface area contributed by atoms with E-state index in [2.05, 4.69) is 17.1 Å². The molecule has 1 aliphatic rings. The molecule has 0 spiro atoms. The number of piperazine rings is 1. The van der Waals surface area contributed by atoms with Crippen LogP contribution in [0.3, 0.4) is 0 Å². The Balaban J connectivity index is 0.00000242. The van der Waals surface area contributed by atoms with E-state index in [9.17, 15) is 4.79 Å². The van der Waals surface area contributed by atoms with E-state index < -0.39 is 0 Å². The molecule has 1 aliphatic heterocycles. The Morgan fingerprint density at radius 3 is 2.87 bits per heavy atom. The van der Waals surface area contributed by atoms with Gasteiger partial charge in [0.05, 0.1) is 19.3 Å². The number of hydrogen-bond donors (Lipinski definition) is 1. The molecule has 0 bridgehead atoms. The van der Waals surface area contributed by atoms with E-state index in [1.165, 1.54) is 7.11 Å². The van der Waals surface area contributed by atoms with Crippen LogP contribution in [0.2, 0.25) is 0 Å². The number of nitrogens with zero attached hydrogens (tertiary/aromatic N) is 1. The molecule has 1 heterocycles. The number of carbonyl (C=O) groups is 1. The molecular weight excluding hydrogens is 339 g/mol. The molecule has 5 nitrogen and oxygen atoms in total. The average molecular weight is 365 g/mol. The summed E-state index contributed by atoms with van der Waals surface area (Å²) in [6.45, 7) is 7.15. The van der Waals surface area contributed by atoms with Gasteiger partial charge in [-0.15, -0.1) is 24.8 Å². The first-order valence-corrected chi connectivity index (χ1v) is 7.46. The minimum absolute atomic E-state index is 0. The Bertz CT molecular complexity index is 474. The first kappa shape index (κ1) is 22.0. The molecule has 1 aromatic rings. The van der Waals surface area contributed by atoms with Gasteiger partial charge in [0.1, 0.15) is 5.75 Å². The lowest BCUT2D eigenvalue weighted by atomic mass is 10.2. The van der Waals surface area contributed by atoms with Gasteiger partial charge < -0.3 is 14.8 Å². The predicted octanol–water partition coefficient (Wildman–Crippen LogP) is 2.38. The molecule has 1 atom stereocenters. The monoisotopic (exact) mass is 364 g/mol. The molecule has 7 heteroatoms.